The van der Waals surface area contributed by atoms with Gasteiger partial charge in [-0.05, 0) is 6.92 Å². The van der Waals surface area contributed by atoms with Crippen LogP contribution in [-0.4, -0.2) is 16.6 Å². The lowest BCUT2D eigenvalue weighted by molar-refractivity contribution is 0.325. The number of nitrogens with zero attached hydrogens (tertiary/aromatic N) is 1. The van der Waals surface area contributed by atoms with Gasteiger partial charge < -0.3 is 4.74 Å². The van der Waals surface area contributed by atoms with Gasteiger partial charge in [-0.2, -0.15) is 4.98 Å². The van der Waals surface area contributed by atoms with E-state index in [1.165, 1.54) is 6.20 Å². The van der Waals surface area contributed by atoms with E-state index in [1.54, 1.807) is 6.92 Å². The van der Waals surface area contributed by atoms with Crippen molar-refractivity contribution >= 4 is 11.6 Å². The van der Waals surface area contributed by atoms with Gasteiger partial charge in [-0.3, -0.25) is 4.98 Å². The minimum absolute atomic E-state index is 0.272. The van der Waals surface area contributed by atoms with E-state index < -0.39 is 5.69 Å². The van der Waals surface area contributed by atoms with Crippen molar-refractivity contribution in [2.45, 2.75) is 34.6 Å². The summed E-state index contributed by atoms with van der Waals surface area (Å²) in [4.78, 5) is 16.4. The predicted octanol–water partition coefficient (Wildman–Crippen LogP) is 2.87. The quantitative estimate of drug-likeness (QED) is 0.856. The molecule has 0 aliphatic carbocycles. The van der Waals surface area contributed by atoms with Crippen molar-refractivity contribution in [2.24, 2.45) is 0 Å². The minimum Gasteiger partial charge on any atom is -0.478 e. The fraction of sp³-hybridized carbons (Fsp3) is 0.600. The van der Waals surface area contributed by atoms with Gasteiger partial charge in [0.15, 0.2) is 0 Å². The van der Waals surface area contributed by atoms with Crippen LogP contribution in [0.4, 0.5) is 0 Å². The summed E-state index contributed by atoms with van der Waals surface area (Å²) in [7, 11) is 0. The first-order chi connectivity index (χ1) is 7.24. The van der Waals surface area contributed by atoms with Crippen molar-refractivity contribution in [2.75, 3.05) is 6.61 Å². The molecule has 0 saturated carbocycles. The van der Waals surface area contributed by atoms with Crippen LogP contribution in [0.2, 0.25) is 5.02 Å². The Morgan fingerprint density at radius 2 is 1.93 bits per heavy atom. The van der Waals surface area contributed by atoms with Gasteiger partial charge >= 0.3 is 5.69 Å². The molecule has 5 heteroatoms. The Morgan fingerprint density at radius 3 is 2.40 bits per heavy atom. The number of aromatic nitrogens is 2. The summed E-state index contributed by atoms with van der Waals surface area (Å²) in [6, 6.07) is 0. The highest BCUT2D eigenvalue weighted by atomic mass is 35.5. The smallest absolute Gasteiger partial charge is 0.347 e. The summed E-state index contributed by atoms with van der Waals surface area (Å²) >= 11 is 5.62. The number of hydrogen-bond donors (Lipinski definition) is 1. The van der Waals surface area contributed by atoms with Crippen molar-refractivity contribution in [3.63, 3.8) is 0 Å². The second-order valence-electron chi connectivity index (χ2n) is 1.80. The Morgan fingerprint density at radius 1 is 1.40 bits per heavy atom. The Balaban J connectivity index is 0. The molecule has 1 rings (SSSR count). The molecule has 0 amide bonds. The Kier molecular flexibility index (Phi) is 12.1. The molecule has 0 aliphatic heterocycles. The van der Waals surface area contributed by atoms with E-state index in [1.807, 2.05) is 27.7 Å². The van der Waals surface area contributed by atoms with Crippen molar-refractivity contribution in [3.8, 4) is 5.88 Å². The first kappa shape index (κ1) is 16.4. The Labute approximate surface area is 95.7 Å². The van der Waals surface area contributed by atoms with Crippen LogP contribution in [0.5, 0.6) is 5.88 Å². The standard InChI is InChI=1S/C6H7ClN2O2.2C2H6/c1-2-11-5-4(7)3-8-6(10)9-5;2*1-2/h3H,2H2,1H3,(H,8,9,10);2*1-2H3. The molecule has 0 radical (unpaired) electrons. The molecule has 1 heterocycles. The van der Waals surface area contributed by atoms with Crippen LogP contribution in [0.25, 0.3) is 0 Å². The van der Waals surface area contributed by atoms with Gasteiger partial charge in [-0.15, -0.1) is 0 Å². The lowest BCUT2D eigenvalue weighted by Crippen LogP contribution is -2.11. The first-order valence-corrected chi connectivity index (χ1v) is 5.49. The molecule has 0 aliphatic rings. The van der Waals surface area contributed by atoms with Crippen molar-refractivity contribution in [3.05, 3.63) is 21.7 Å². The third-order valence-corrected chi connectivity index (χ3v) is 1.29. The Bertz CT molecular complexity index is 300. The van der Waals surface area contributed by atoms with Gasteiger partial charge in [-0.1, -0.05) is 39.3 Å². The normalized spacial score (nSPS) is 7.87. The van der Waals surface area contributed by atoms with E-state index in [-0.39, 0.29) is 5.88 Å². The van der Waals surface area contributed by atoms with Crippen LogP contribution >= 0.6 is 11.6 Å². The van der Waals surface area contributed by atoms with Crippen LogP contribution < -0.4 is 10.4 Å². The van der Waals surface area contributed by atoms with Gasteiger partial charge in [-0.25, -0.2) is 4.79 Å². The highest BCUT2D eigenvalue weighted by Crippen LogP contribution is 2.16. The second kappa shape index (κ2) is 11.0. The summed E-state index contributed by atoms with van der Waals surface area (Å²) in [5.41, 5.74) is -0.460. The van der Waals surface area contributed by atoms with Gasteiger partial charge in [0.25, 0.3) is 0 Å². The van der Waals surface area contributed by atoms with Crippen LogP contribution in [0, 0.1) is 0 Å². The van der Waals surface area contributed by atoms with Crippen molar-refractivity contribution in [1.82, 2.24) is 9.97 Å². The van der Waals surface area contributed by atoms with Crippen LogP contribution in [0.15, 0.2) is 11.0 Å². The third kappa shape index (κ3) is 6.96. The molecule has 15 heavy (non-hydrogen) atoms. The molecule has 0 aromatic carbocycles. The van der Waals surface area contributed by atoms with E-state index in [4.69, 9.17) is 16.3 Å². The predicted molar refractivity (Wildman–Crippen MR) is 63.7 cm³/mol. The third-order valence-electron chi connectivity index (χ3n) is 1.02. The number of ether oxygens (including phenoxy) is 1. The molecule has 1 aromatic rings. The summed E-state index contributed by atoms with van der Waals surface area (Å²) in [6.07, 6.45) is 1.26. The van der Waals surface area contributed by atoms with Gasteiger partial charge in [0.1, 0.15) is 5.02 Å². The van der Waals surface area contributed by atoms with E-state index in [0.29, 0.717) is 11.6 Å². The summed E-state index contributed by atoms with van der Waals surface area (Å²) in [6.45, 7) is 10.3. The minimum atomic E-state index is -0.460. The highest BCUT2D eigenvalue weighted by Gasteiger charge is 2.00. The maximum atomic E-state index is 10.6. The SMILES string of the molecule is CC.CC.CCOc1[nH]c(=O)ncc1Cl. The topological polar surface area (TPSA) is 55.0 Å². The van der Waals surface area contributed by atoms with Crippen LogP contribution in [0.3, 0.4) is 0 Å². The zero-order valence-electron chi connectivity index (χ0n) is 9.93. The lowest BCUT2D eigenvalue weighted by atomic mass is 10.6. The molecule has 0 saturated heterocycles. The van der Waals surface area contributed by atoms with Crippen LogP contribution in [0.1, 0.15) is 34.6 Å². The first-order valence-electron chi connectivity index (χ1n) is 5.11. The Hall–Kier alpha value is -1.03. The number of hydrogen-bond acceptors (Lipinski definition) is 3. The fourth-order valence-corrected chi connectivity index (χ4v) is 0.763. The van der Waals surface area contributed by atoms with Crippen LogP contribution in [-0.2, 0) is 0 Å². The molecule has 0 unspecified atom stereocenters. The summed E-state index contributed by atoms with van der Waals surface area (Å²) in [5, 5.41) is 0.312. The molecule has 0 fully saturated rings. The number of nitrogens with one attached hydrogen (secondary N) is 1. The molecule has 0 bridgehead atoms. The maximum absolute atomic E-state index is 10.6. The second-order valence-corrected chi connectivity index (χ2v) is 2.21. The molecule has 4 nitrogen and oxygen atoms in total. The van der Waals surface area contributed by atoms with Gasteiger partial charge in [0.2, 0.25) is 5.88 Å². The van der Waals surface area contributed by atoms with Gasteiger partial charge in [0, 0.05) is 0 Å². The molecular weight excluding hydrogens is 216 g/mol. The molecular formula is C10H19ClN2O2. The largest absolute Gasteiger partial charge is 0.478 e. The molecule has 1 aromatic heterocycles. The monoisotopic (exact) mass is 234 g/mol. The average molecular weight is 235 g/mol. The fourth-order valence-electron chi connectivity index (χ4n) is 0.612. The van der Waals surface area contributed by atoms with E-state index in [9.17, 15) is 4.79 Å². The summed E-state index contributed by atoms with van der Waals surface area (Å²) < 4.78 is 4.99. The molecule has 1 N–H and O–H groups in total. The number of rotatable bonds is 2. The maximum Gasteiger partial charge on any atom is 0.347 e. The van der Waals surface area contributed by atoms with E-state index in [2.05, 4.69) is 9.97 Å². The van der Waals surface area contributed by atoms with E-state index >= 15 is 0 Å². The van der Waals surface area contributed by atoms with E-state index in [0.717, 1.165) is 0 Å². The highest BCUT2D eigenvalue weighted by molar-refractivity contribution is 6.31. The van der Waals surface area contributed by atoms with Gasteiger partial charge in [0.05, 0.1) is 12.8 Å². The van der Waals surface area contributed by atoms with Crippen molar-refractivity contribution in [1.29, 1.82) is 0 Å². The number of halogens is 1. The molecule has 0 atom stereocenters. The average Bonchev–Trinajstić information content (AvgIpc) is 2.29. The number of H-pyrrole nitrogens is 1. The summed E-state index contributed by atoms with van der Waals surface area (Å²) in [5.74, 6) is 0.272. The zero-order chi connectivity index (χ0) is 12.3. The number of aromatic amines is 1. The zero-order valence-corrected chi connectivity index (χ0v) is 10.7. The van der Waals surface area contributed by atoms with Crippen molar-refractivity contribution < 1.29 is 4.74 Å². The molecule has 88 valence electrons. The molecule has 0 spiro atoms. The lowest BCUT2D eigenvalue weighted by Gasteiger charge is -2.01.